The van der Waals surface area contributed by atoms with E-state index in [9.17, 15) is 0 Å². The quantitative estimate of drug-likeness (QED) is 0.833. The van der Waals surface area contributed by atoms with Gasteiger partial charge in [0, 0.05) is 12.7 Å². The Kier molecular flexibility index (Phi) is 3.33. The molecule has 0 spiro atoms. The molecule has 4 nitrogen and oxygen atoms in total. The largest absolute Gasteiger partial charge is 0.464 e. The Morgan fingerprint density at radius 2 is 2.12 bits per heavy atom. The maximum absolute atomic E-state index is 5.88. The van der Waals surface area contributed by atoms with Crippen molar-refractivity contribution in [3.8, 4) is 0 Å². The molecule has 0 aliphatic heterocycles. The van der Waals surface area contributed by atoms with Crippen LogP contribution >= 0.6 is 0 Å². The summed E-state index contributed by atoms with van der Waals surface area (Å²) in [7, 11) is 0. The van der Waals surface area contributed by atoms with E-state index < -0.39 is 0 Å². The zero-order valence-corrected chi connectivity index (χ0v) is 10.4. The molecule has 92 valence electrons. The summed E-state index contributed by atoms with van der Waals surface area (Å²) >= 11 is 0. The zero-order chi connectivity index (χ0) is 12.3. The minimum Gasteiger partial charge on any atom is -0.464 e. The van der Waals surface area contributed by atoms with Crippen LogP contribution in [-0.4, -0.2) is 17.1 Å². The first kappa shape index (κ1) is 11.9. The number of pyridine rings is 1. The number of aromatic nitrogens is 1. The molecule has 0 aromatic carbocycles. The third kappa shape index (κ3) is 2.13. The summed E-state index contributed by atoms with van der Waals surface area (Å²) in [5.41, 5.74) is 6.65. The average Bonchev–Trinajstić information content (AvgIpc) is 2.85. The van der Waals surface area contributed by atoms with Gasteiger partial charge in [-0.3, -0.25) is 0 Å². The van der Waals surface area contributed by atoms with E-state index in [1.54, 1.807) is 12.5 Å². The molecule has 2 heterocycles. The number of rotatable bonds is 5. The molecule has 0 radical (unpaired) electrons. The van der Waals surface area contributed by atoms with E-state index in [4.69, 9.17) is 10.2 Å². The van der Waals surface area contributed by atoms with E-state index in [1.165, 1.54) is 0 Å². The van der Waals surface area contributed by atoms with Gasteiger partial charge in [-0.1, -0.05) is 13.8 Å². The predicted octanol–water partition coefficient (Wildman–Crippen LogP) is 2.76. The van der Waals surface area contributed by atoms with Crippen LogP contribution in [0.4, 0.5) is 5.82 Å². The monoisotopic (exact) mass is 233 g/mol. The highest BCUT2D eigenvalue weighted by Gasteiger charge is 2.25. The molecule has 0 fully saturated rings. The smallest absolute Gasteiger partial charge is 0.139 e. The van der Waals surface area contributed by atoms with Gasteiger partial charge in [0.05, 0.1) is 17.2 Å². The third-order valence-electron chi connectivity index (χ3n) is 3.51. The maximum Gasteiger partial charge on any atom is 0.139 e. The maximum atomic E-state index is 5.88. The van der Waals surface area contributed by atoms with Gasteiger partial charge in [-0.25, -0.2) is 4.98 Å². The first-order chi connectivity index (χ1) is 8.24. The number of hydrogen-bond acceptors (Lipinski definition) is 4. The Balaban J connectivity index is 2.37. The number of hydrogen-bond donors (Lipinski definition) is 2. The summed E-state index contributed by atoms with van der Waals surface area (Å²) in [5.74, 6) is 0.852. The highest BCUT2D eigenvalue weighted by molar-refractivity contribution is 5.88. The van der Waals surface area contributed by atoms with E-state index in [1.807, 2.05) is 12.1 Å². The van der Waals surface area contributed by atoms with Crippen LogP contribution < -0.4 is 11.1 Å². The standard InChI is InChI=1S/C13H19N3O/c1-3-13(4-2,9-14)16-12-10-6-8-17-11(10)5-7-15-12/h5-8H,3-4,9,14H2,1-2H3,(H,15,16). The van der Waals surface area contributed by atoms with Crippen LogP contribution in [-0.2, 0) is 0 Å². The number of anilines is 1. The van der Waals surface area contributed by atoms with Crippen molar-refractivity contribution in [2.45, 2.75) is 32.2 Å². The Labute approximate surface area is 101 Å². The highest BCUT2D eigenvalue weighted by atomic mass is 16.3. The van der Waals surface area contributed by atoms with Gasteiger partial charge in [0.15, 0.2) is 0 Å². The van der Waals surface area contributed by atoms with Gasteiger partial charge in [-0.15, -0.1) is 0 Å². The number of nitrogens with zero attached hydrogens (tertiary/aromatic N) is 1. The molecule has 17 heavy (non-hydrogen) atoms. The van der Waals surface area contributed by atoms with Gasteiger partial charge in [-0.2, -0.15) is 0 Å². The Morgan fingerprint density at radius 1 is 1.35 bits per heavy atom. The number of nitrogens with two attached hydrogens (primary N) is 1. The van der Waals surface area contributed by atoms with Crippen molar-refractivity contribution in [3.63, 3.8) is 0 Å². The van der Waals surface area contributed by atoms with Gasteiger partial charge < -0.3 is 15.5 Å². The van der Waals surface area contributed by atoms with Gasteiger partial charge >= 0.3 is 0 Å². The molecule has 0 unspecified atom stereocenters. The number of fused-ring (bicyclic) bond motifs is 1. The lowest BCUT2D eigenvalue weighted by molar-refractivity contribution is 0.444. The van der Waals surface area contributed by atoms with E-state index in [-0.39, 0.29) is 5.54 Å². The molecule has 0 bridgehead atoms. The number of nitrogens with one attached hydrogen (secondary N) is 1. The summed E-state index contributed by atoms with van der Waals surface area (Å²) in [6.45, 7) is 4.87. The molecule has 0 atom stereocenters. The lowest BCUT2D eigenvalue weighted by atomic mass is 9.93. The molecule has 2 aromatic heterocycles. The Bertz CT molecular complexity index is 480. The second kappa shape index (κ2) is 4.75. The van der Waals surface area contributed by atoms with Gasteiger partial charge in [-0.05, 0) is 25.0 Å². The fraction of sp³-hybridized carbons (Fsp3) is 0.462. The molecule has 4 heteroatoms. The fourth-order valence-corrected chi connectivity index (χ4v) is 2.01. The molecule has 0 amide bonds. The van der Waals surface area contributed by atoms with Crippen LogP contribution in [0.3, 0.4) is 0 Å². The van der Waals surface area contributed by atoms with Gasteiger partial charge in [0.1, 0.15) is 11.4 Å². The van der Waals surface area contributed by atoms with Crippen molar-refractivity contribution in [2.24, 2.45) is 5.73 Å². The average molecular weight is 233 g/mol. The van der Waals surface area contributed by atoms with Crippen LogP contribution in [0, 0.1) is 0 Å². The molecular weight excluding hydrogens is 214 g/mol. The summed E-state index contributed by atoms with van der Waals surface area (Å²) in [6, 6.07) is 3.79. The summed E-state index contributed by atoms with van der Waals surface area (Å²) < 4.78 is 5.36. The molecule has 0 saturated carbocycles. The minimum atomic E-state index is -0.0848. The van der Waals surface area contributed by atoms with E-state index in [0.29, 0.717) is 6.54 Å². The zero-order valence-electron chi connectivity index (χ0n) is 10.4. The van der Waals surface area contributed by atoms with Crippen molar-refractivity contribution in [2.75, 3.05) is 11.9 Å². The number of furan rings is 1. The van der Waals surface area contributed by atoms with Crippen LogP contribution in [0.25, 0.3) is 11.0 Å². The van der Waals surface area contributed by atoms with Crippen molar-refractivity contribution < 1.29 is 4.42 Å². The molecule has 0 aliphatic rings. The topological polar surface area (TPSA) is 64.1 Å². The van der Waals surface area contributed by atoms with Crippen LogP contribution in [0.15, 0.2) is 29.0 Å². The van der Waals surface area contributed by atoms with Crippen LogP contribution in [0.1, 0.15) is 26.7 Å². The van der Waals surface area contributed by atoms with Gasteiger partial charge in [0.25, 0.3) is 0 Å². The van der Waals surface area contributed by atoms with Crippen LogP contribution in [0.2, 0.25) is 0 Å². The first-order valence-corrected chi connectivity index (χ1v) is 6.05. The highest BCUT2D eigenvalue weighted by Crippen LogP contribution is 2.26. The minimum absolute atomic E-state index is 0.0848. The lowest BCUT2D eigenvalue weighted by Gasteiger charge is -2.32. The lowest BCUT2D eigenvalue weighted by Crippen LogP contribution is -2.44. The summed E-state index contributed by atoms with van der Waals surface area (Å²) in [4.78, 5) is 4.38. The van der Waals surface area contributed by atoms with Crippen molar-refractivity contribution in [1.82, 2.24) is 4.98 Å². The van der Waals surface area contributed by atoms with Crippen molar-refractivity contribution in [1.29, 1.82) is 0 Å². The molecular formula is C13H19N3O. The van der Waals surface area contributed by atoms with Crippen molar-refractivity contribution >= 4 is 16.8 Å². The molecule has 2 rings (SSSR count). The molecule has 3 N–H and O–H groups in total. The second-order valence-electron chi connectivity index (χ2n) is 4.31. The van der Waals surface area contributed by atoms with Gasteiger partial charge in [0.2, 0.25) is 0 Å². The predicted molar refractivity (Wildman–Crippen MR) is 70.0 cm³/mol. The molecule has 2 aromatic rings. The summed E-state index contributed by atoms with van der Waals surface area (Å²) in [5, 5.41) is 4.48. The second-order valence-corrected chi connectivity index (χ2v) is 4.31. The van der Waals surface area contributed by atoms with E-state index >= 15 is 0 Å². The Morgan fingerprint density at radius 3 is 2.76 bits per heavy atom. The Hall–Kier alpha value is -1.55. The normalized spacial score (nSPS) is 11.9. The van der Waals surface area contributed by atoms with E-state index in [0.717, 1.165) is 29.6 Å². The summed E-state index contributed by atoms with van der Waals surface area (Å²) in [6.07, 6.45) is 5.37. The molecule has 0 saturated heterocycles. The molecule has 0 aliphatic carbocycles. The van der Waals surface area contributed by atoms with E-state index in [2.05, 4.69) is 24.1 Å². The first-order valence-electron chi connectivity index (χ1n) is 6.05. The third-order valence-corrected chi connectivity index (χ3v) is 3.51. The SMILES string of the molecule is CCC(CC)(CN)Nc1nccc2occc12. The fourth-order valence-electron chi connectivity index (χ4n) is 2.01. The van der Waals surface area contributed by atoms with Crippen molar-refractivity contribution in [3.05, 3.63) is 24.6 Å². The van der Waals surface area contributed by atoms with Crippen LogP contribution in [0.5, 0.6) is 0 Å².